The quantitative estimate of drug-likeness (QED) is 0.338. The van der Waals surface area contributed by atoms with Crippen LogP contribution >= 0.6 is 0 Å². The van der Waals surface area contributed by atoms with Crippen molar-refractivity contribution < 1.29 is 32.0 Å². The highest BCUT2D eigenvalue weighted by atomic mass is 32.2. The minimum absolute atomic E-state index is 0.124. The Labute approximate surface area is 124 Å². The molecular formula is C13H20O7S. The average molecular weight is 320 g/mol. The van der Waals surface area contributed by atoms with Gasteiger partial charge in [0.1, 0.15) is 13.2 Å². The Morgan fingerprint density at radius 3 is 2.33 bits per heavy atom. The molecule has 1 fully saturated rings. The zero-order chi connectivity index (χ0) is 16.0. The molecule has 1 aliphatic carbocycles. The van der Waals surface area contributed by atoms with E-state index in [0.717, 1.165) is 0 Å². The van der Waals surface area contributed by atoms with Crippen molar-refractivity contribution in [2.75, 3.05) is 13.2 Å². The summed E-state index contributed by atoms with van der Waals surface area (Å²) in [7, 11) is -4.27. The van der Waals surface area contributed by atoms with E-state index in [2.05, 4.69) is 6.58 Å². The van der Waals surface area contributed by atoms with Gasteiger partial charge in [-0.15, -0.1) is 0 Å². The average Bonchev–Trinajstić information content (AvgIpc) is 2.42. The first-order valence-corrected chi connectivity index (χ1v) is 8.19. The predicted octanol–water partition coefficient (Wildman–Crippen LogP) is 1.10. The SMILES string of the molecule is C=C(C)C(=O)OCCOC(=O)C1CCCCC1S(=O)(=O)O. The van der Waals surface area contributed by atoms with Crippen molar-refractivity contribution in [3.8, 4) is 0 Å². The van der Waals surface area contributed by atoms with Gasteiger partial charge in [0.25, 0.3) is 10.1 Å². The standard InChI is InChI=1S/C13H20O7S/c1-9(2)12(14)19-7-8-20-13(15)10-5-3-4-6-11(10)21(16,17)18/h10-11H,1,3-8H2,2H3,(H,16,17,18). The fourth-order valence-corrected chi connectivity index (χ4v) is 3.36. The van der Waals surface area contributed by atoms with Gasteiger partial charge in [0.15, 0.2) is 0 Å². The molecule has 21 heavy (non-hydrogen) atoms. The molecule has 0 heterocycles. The molecule has 0 amide bonds. The Morgan fingerprint density at radius 1 is 1.19 bits per heavy atom. The summed E-state index contributed by atoms with van der Waals surface area (Å²) >= 11 is 0. The molecule has 2 unspecified atom stereocenters. The van der Waals surface area contributed by atoms with Crippen LogP contribution in [0.3, 0.4) is 0 Å². The van der Waals surface area contributed by atoms with Crippen molar-refractivity contribution in [2.45, 2.75) is 37.9 Å². The van der Waals surface area contributed by atoms with E-state index in [-0.39, 0.29) is 25.2 Å². The van der Waals surface area contributed by atoms with Crippen molar-refractivity contribution in [1.82, 2.24) is 0 Å². The highest BCUT2D eigenvalue weighted by Crippen LogP contribution is 2.30. The van der Waals surface area contributed by atoms with Gasteiger partial charge in [0, 0.05) is 5.57 Å². The molecule has 0 radical (unpaired) electrons. The van der Waals surface area contributed by atoms with Gasteiger partial charge in [-0.1, -0.05) is 19.4 Å². The topological polar surface area (TPSA) is 107 Å². The van der Waals surface area contributed by atoms with Crippen LogP contribution in [0.4, 0.5) is 0 Å². The first kappa shape index (κ1) is 17.6. The minimum atomic E-state index is -4.27. The van der Waals surface area contributed by atoms with E-state index < -0.39 is 33.2 Å². The van der Waals surface area contributed by atoms with Crippen LogP contribution in [0.15, 0.2) is 12.2 Å². The van der Waals surface area contributed by atoms with E-state index in [4.69, 9.17) is 14.0 Å². The van der Waals surface area contributed by atoms with Gasteiger partial charge < -0.3 is 9.47 Å². The Kier molecular flexibility index (Phi) is 6.35. The summed E-state index contributed by atoms with van der Waals surface area (Å²) in [6.45, 7) is 4.61. The van der Waals surface area contributed by atoms with Crippen LogP contribution in [0.1, 0.15) is 32.6 Å². The number of esters is 2. The van der Waals surface area contributed by atoms with Gasteiger partial charge in [-0.05, 0) is 19.8 Å². The van der Waals surface area contributed by atoms with Crippen molar-refractivity contribution in [3.63, 3.8) is 0 Å². The third-order valence-corrected chi connectivity index (χ3v) is 4.63. The Hall–Kier alpha value is -1.41. The molecule has 0 aromatic rings. The van der Waals surface area contributed by atoms with Crippen LogP contribution in [0.5, 0.6) is 0 Å². The van der Waals surface area contributed by atoms with Gasteiger partial charge >= 0.3 is 11.9 Å². The molecule has 1 rings (SSSR count). The molecule has 120 valence electrons. The summed E-state index contributed by atoms with van der Waals surface area (Å²) in [4.78, 5) is 23.0. The molecule has 1 aliphatic rings. The lowest BCUT2D eigenvalue weighted by Crippen LogP contribution is -2.38. The third kappa shape index (κ3) is 5.47. The smallest absolute Gasteiger partial charge is 0.333 e. The lowest BCUT2D eigenvalue weighted by atomic mass is 9.89. The van der Waals surface area contributed by atoms with Gasteiger partial charge in [-0.3, -0.25) is 9.35 Å². The second-order valence-corrected chi connectivity index (χ2v) is 6.66. The summed E-state index contributed by atoms with van der Waals surface area (Å²) in [5.41, 5.74) is 0.236. The van der Waals surface area contributed by atoms with Gasteiger partial charge in [-0.25, -0.2) is 4.79 Å². The highest BCUT2D eigenvalue weighted by molar-refractivity contribution is 7.86. The fourth-order valence-electron chi connectivity index (χ4n) is 2.23. The Balaban J connectivity index is 2.46. The van der Waals surface area contributed by atoms with Crippen molar-refractivity contribution >= 4 is 22.1 Å². The van der Waals surface area contributed by atoms with E-state index >= 15 is 0 Å². The molecule has 8 heteroatoms. The predicted molar refractivity (Wildman–Crippen MR) is 74.0 cm³/mol. The maximum Gasteiger partial charge on any atom is 0.333 e. The lowest BCUT2D eigenvalue weighted by molar-refractivity contribution is -0.154. The molecule has 1 saturated carbocycles. The van der Waals surface area contributed by atoms with Crippen LogP contribution in [0.25, 0.3) is 0 Å². The zero-order valence-corrected chi connectivity index (χ0v) is 12.7. The van der Waals surface area contributed by atoms with E-state index in [1.807, 2.05) is 0 Å². The van der Waals surface area contributed by atoms with E-state index in [9.17, 15) is 18.0 Å². The monoisotopic (exact) mass is 320 g/mol. The van der Waals surface area contributed by atoms with Crippen LogP contribution in [0, 0.1) is 5.92 Å². The third-order valence-electron chi connectivity index (χ3n) is 3.30. The normalized spacial score (nSPS) is 22.4. The van der Waals surface area contributed by atoms with E-state index in [0.29, 0.717) is 19.3 Å². The maximum absolute atomic E-state index is 11.9. The van der Waals surface area contributed by atoms with Crippen LogP contribution < -0.4 is 0 Å². The van der Waals surface area contributed by atoms with Crippen molar-refractivity contribution in [1.29, 1.82) is 0 Å². The van der Waals surface area contributed by atoms with Crippen LogP contribution in [-0.4, -0.2) is 43.4 Å². The molecule has 0 aromatic heterocycles. The number of ether oxygens (including phenoxy) is 2. The van der Waals surface area contributed by atoms with Crippen molar-refractivity contribution in [2.24, 2.45) is 5.92 Å². The van der Waals surface area contributed by atoms with Gasteiger partial charge in [0.05, 0.1) is 11.2 Å². The molecule has 0 bridgehead atoms. The summed E-state index contributed by atoms with van der Waals surface area (Å²) < 4.78 is 41.3. The number of carbonyl (C=O) groups excluding carboxylic acids is 2. The summed E-state index contributed by atoms with van der Waals surface area (Å²) in [5.74, 6) is -2.14. The van der Waals surface area contributed by atoms with E-state index in [1.165, 1.54) is 6.92 Å². The maximum atomic E-state index is 11.9. The second kappa shape index (κ2) is 7.56. The Morgan fingerprint density at radius 2 is 1.76 bits per heavy atom. The molecule has 2 atom stereocenters. The summed E-state index contributed by atoms with van der Waals surface area (Å²) in [5, 5.41) is -1.11. The molecule has 0 spiro atoms. The first-order chi connectivity index (χ1) is 9.73. The Bertz CT molecular complexity index is 509. The second-order valence-electron chi connectivity index (χ2n) is 5.03. The number of carbonyl (C=O) groups is 2. The summed E-state index contributed by atoms with van der Waals surface area (Å²) in [6.07, 6.45) is 1.94. The van der Waals surface area contributed by atoms with Gasteiger partial charge in [0.2, 0.25) is 0 Å². The number of hydrogen-bond acceptors (Lipinski definition) is 6. The fraction of sp³-hybridized carbons (Fsp3) is 0.692. The highest BCUT2D eigenvalue weighted by Gasteiger charge is 2.39. The first-order valence-electron chi connectivity index (χ1n) is 6.69. The molecule has 0 saturated heterocycles. The largest absolute Gasteiger partial charge is 0.462 e. The lowest BCUT2D eigenvalue weighted by Gasteiger charge is -2.27. The van der Waals surface area contributed by atoms with Gasteiger partial charge in [-0.2, -0.15) is 8.42 Å². The number of hydrogen-bond donors (Lipinski definition) is 1. The van der Waals surface area contributed by atoms with Crippen LogP contribution in [-0.2, 0) is 29.2 Å². The molecular weight excluding hydrogens is 300 g/mol. The molecule has 0 aromatic carbocycles. The van der Waals surface area contributed by atoms with Crippen molar-refractivity contribution in [3.05, 3.63) is 12.2 Å². The zero-order valence-electron chi connectivity index (χ0n) is 11.9. The van der Waals surface area contributed by atoms with E-state index in [1.54, 1.807) is 0 Å². The van der Waals surface area contributed by atoms with Crippen LogP contribution in [0.2, 0.25) is 0 Å². The minimum Gasteiger partial charge on any atom is -0.462 e. The summed E-state index contributed by atoms with van der Waals surface area (Å²) in [6, 6.07) is 0. The molecule has 7 nitrogen and oxygen atoms in total. The number of rotatable bonds is 6. The molecule has 1 N–H and O–H groups in total. The molecule has 0 aliphatic heterocycles.